The molecule has 0 unspecified atom stereocenters. The van der Waals surface area contributed by atoms with Gasteiger partial charge < -0.3 is 36.2 Å². The number of nitrogens with zero attached hydrogens (tertiary/aromatic N) is 3. The van der Waals surface area contributed by atoms with E-state index in [1.165, 1.54) is 10.9 Å². The average Bonchev–Trinajstić information content (AvgIpc) is 0.809. The summed E-state index contributed by atoms with van der Waals surface area (Å²) in [6, 6.07) is 87.5. The summed E-state index contributed by atoms with van der Waals surface area (Å²) in [5.74, 6) is 3.23. The van der Waals surface area contributed by atoms with Crippen LogP contribution in [0.25, 0.3) is 108 Å². The average molecular weight is 1930 g/mol. The molecule has 0 aliphatic carbocycles. The van der Waals surface area contributed by atoms with Crippen molar-refractivity contribution >= 4 is 283 Å². The van der Waals surface area contributed by atoms with E-state index in [0.717, 1.165) is 144 Å². The van der Waals surface area contributed by atoms with Gasteiger partial charge in [-0.2, -0.15) is 0 Å². The Kier molecular flexibility index (Phi) is 29.0. The summed E-state index contributed by atoms with van der Waals surface area (Å²) in [5, 5.41) is 19.7. The zero-order valence-corrected chi connectivity index (χ0v) is 70.9. The van der Waals surface area contributed by atoms with E-state index in [1.54, 1.807) is 14.2 Å². The van der Waals surface area contributed by atoms with Gasteiger partial charge in [0.05, 0.1) is 30.8 Å². The summed E-state index contributed by atoms with van der Waals surface area (Å²) in [6.45, 7) is 1.30. The molecule has 5 heterocycles. The minimum absolute atomic E-state index is 0.0238. The van der Waals surface area contributed by atoms with E-state index < -0.39 is 3.37 Å². The second-order valence-corrected chi connectivity index (χ2v) is 43.7. The number of halogens is 12. The van der Waals surface area contributed by atoms with Crippen LogP contribution < -0.4 is 37.4 Å². The number of benzene rings is 12. The standard InChI is InChI=1S/C21H17BrN2O.C13H7BrClN.C13H9BrN2.C13H8BrNO.C13H9NO.C8H11NO.Br2.Cl5P/c1-25-16-9-6-14(7-10-16)13-23-21-18-5-3-2-4-17(18)19-12-15(22)8-11-20(19)24-21;2*14-8-5-6-12-11(7-8)9-3-1-2-4-10(9)13(15)16-12;14-8-5-6-12-11(7-8)9-3-1-2-4-10(9)13(16)15-12;15-13-11-7-2-1-5-9(11)10-6-3-4-8-12(10)14-13;1-10-8-4-2-7(6-9)3-5-8;1-2;1-6(2,3,4)5/h2-12H,13H2,1H3,(H,23,24);1-7H;1-7H,(H2,15,16);1-7H,(H,15,16);1-8H,(H,14,15);2-5H,6,9H2,1H3;;. The van der Waals surface area contributed by atoms with E-state index in [1.807, 2.05) is 206 Å². The van der Waals surface area contributed by atoms with Gasteiger partial charge in [-0.15, -0.1) is 0 Å². The Labute approximate surface area is 687 Å². The number of fused-ring (bicyclic) bond motifs is 15. The van der Waals surface area contributed by atoms with Gasteiger partial charge in [0, 0.05) is 124 Å². The van der Waals surface area contributed by atoms with Crippen molar-refractivity contribution in [3.8, 4) is 11.5 Å². The van der Waals surface area contributed by atoms with Crippen molar-refractivity contribution in [3.63, 3.8) is 0 Å². The molecule has 0 spiro atoms. The third-order valence-electron chi connectivity index (χ3n) is 16.3. The van der Waals surface area contributed by atoms with Crippen LogP contribution in [0.2, 0.25) is 5.15 Å². The van der Waals surface area contributed by atoms with E-state index in [2.05, 4.69) is 178 Å². The molecule has 12 nitrogen and oxygen atoms in total. The Morgan fingerprint density at radius 2 is 0.717 bits per heavy atom. The van der Waals surface area contributed by atoms with E-state index in [9.17, 15) is 9.59 Å². The Hall–Kier alpha value is -7.20. The number of hydrogen-bond acceptors (Lipinski definition) is 10. The van der Waals surface area contributed by atoms with Gasteiger partial charge in [-0.3, -0.25) is 9.59 Å². The van der Waals surface area contributed by atoms with Crippen LogP contribution in [0.5, 0.6) is 11.5 Å². The fourth-order valence-corrected chi connectivity index (χ4v) is 13.2. The van der Waals surface area contributed by atoms with Crippen LogP contribution in [0.3, 0.4) is 0 Å². The molecule has 12 aromatic carbocycles. The molecule has 0 bridgehead atoms. The van der Waals surface area contributed by atoms with Crippen LogP contribution >= 0.6 is 163 Å². The number of ether oxygens (including phenoxy) is 2. The maximum Gasteiger partial charge on any atom is 0.256 e. The van der Waals surface area contributed by atoms with Crippen molar-refractivity contribution in [2.75, 3.05) is 25.3 Å². The molecule has 106 heavy (non-hydrogen) atoms. The fourth-order valence-electron chi connectivity index (χ4n) is 11.5. The molecule has 0 saturated carbocycles. The van der Waals surface area contributed by atoms with Gasteiger partial charge in [-0.1, -0.05) is 227 Å². The number of para-hydroxylation sites is 1. The van der Waals surface area contributed by atoms with Gasteiger partial charge in [0.2, 0.25) is 0 Å². The van der Waals surface area contributed by atoms with Crippen LogP contribution in [-0.4, -0.2) is 39.1 Å². The summed E-state index contributed by atoms with van der Waals surface area (Å²) >= 11 is 50.5. The number of pyridine rings is 5. The zero-order chi connectivity index (χ0) is 75.7. The second kappa shape index (κ2) is 37.8. The summed E-state index contributed by atoms with van der Waals surface area (Å²) in [6.07, 6.45) is 0. The molecule has 7 N–H and O–H groups in total. The number of rotatable bonds is 6. The predicted octanol–water partition coefficient (Wildman–Crippen LogP) is 27.6. The van der Waals surface area contributed by atoms with Crippen LogP contribution in [0.15, 0.2) is 294 Å². The first kappa shape index (κ1) is 81.3. The zero-order valence-electron chi connectivity index (χ0n) is 55.9. The van der Waals surface area contributed by atoms with E-state index >= 15 is 0 Å². The molecule has 5 aromatic heterocycles. The van der Waals surface area contributed by atoms with Crippen LogP contribution in [0, 0.1) is 0 Å². The van der Waals surface area contributed by atoms with E-state index in [4.69, 9.17) is 93.7 Å². The molecule has 0 saturated heterocycles. The number of nitrogen functional groups attached to an aromatic ring is 1. The smallest absolute Gasteiger partial charge is 0.256 e. The second-order valence-electron chi connectivity index (χ2n) is 23.1. The first-order chi connectivity index (χ1) is 51.0. The van der Waals surface area contributed by atoms with E-state index in [-0.39, 0.29) is 11.1 Å². The molecular weight excluding hydrogens is 1870 g/mol. The molecule has 0 atom stereocenters. The van der Waals surface area contributed by atoms with Gasteiger partial charge >= 0.3 is 59.6 Å². The summed E-state index contributed by atoms with van der Waals surface area (Å²) < 4.78 is 10.7. The number of nitrogens with two attached hydrogens (primary N) is 2. The number of aromatic amines is 2. The van der Waals surface area contributed by atoms with Crippen LogP contribution in [0.4, 0.5) is 11.6 Å². The van der Waals surface area contributed by atoms with Gasteiger partial charge in [0.1, 0.15) is 28.3 Å². The van der Waals surface area contributed by atoms with Gasteiger partial charge in [0.15, 0.2) is 0 Å². The number of aromatic nitrogens is 5. The van der Waals surface area contributed by atoms with Crippen LogP contribution in [-0.2, 0) is 13.1 Å². The first-order valence-electron chi connectivity index (χ1n) is 32.0. The van der Waals surface area contributed by atoms with Crippen molar-refractivity contribution in [1.29, 1.82) is 0 Å². The molecule has 17 rings (SSSR count). The largest absolute Gasteiger partial charge is 0.383 e. The number of nitrogens with one attached hydrogen (secondary N) is 3. The van der Waals surface area contributed by atoms with E-state index in [0.29, 0.717) is 24.1 Å². The van der Waals surface area contributed by atoms with Crippen molar-refractivity contribution in [3.05, 3.63) is 322 Å². The van der Waals surface area contributed by atoms with Gasteiger partial charge in [-0.25, -0.2) is 15.0 Å². The molecule has 0 fully saturated rings. The Morgan fingerprint density at radius 3 is 1.18 bits per heavy atom. The summed E-state index contributed by atoms with van der Waals surface area (Å²) in [4.78, 5) is 42.9. The van der Waals surface area contributed by atoms with Gasteiger partial charge in [0.25, 0.3) is 11.1 Å². The third-order valence-corrected chi connectivity index (χ3v) is 18.6. The molecule has 17 aromatic rings. The van der Waals surface area contributed by atoms with Gasteiger partial charge in [-0.05, 0) is 153 Å². The fraction of sp³-hybridized carbons (Fsp3) is 0.0494. The number of methoxy groups -OCH3 is 2. The topological polar surface area (TPSA) is 187 Å². The molecule has 0 aliphatic rings. The molecule has 538 valence electrons. The molecule has 25 heteroatoms. The summed E-state index contributed by atoms with van der Waals surface area (Å²) in [7, 11) is 3.33. The maximum atomic E-state index is 11.8. The normalized spacial score (nSPS) is 11.2. The first-order valence-corrected chi connectivity index (χ1v) is 46.0. The SMILES string of the molecule is BrBr.COc1ccc(CN)cc1.COc1ccc(CNc2nc3ccc(Br)cc3c3ccccc23)cc1.ClP(Cl)(Cl)(Cl)Cl.Clc1nc2ccc(Br)cc2c2ccccc12.Nc1nc2ccc(Br)cc2c2ccccc12.O=c1[nH]c2ccc(Br)cc2c2ccccc12.O=c1[nH]c2ccccc2c2ccccc12. The molecule has 0 amide bonds. The Morgan fingerprint density at radius 1 is 0.387 bits per heavy atom. The molecule has 0 radical (unpaired) electrons. The Balaban J connectivity index is 0.000000136. The van der Waals surface area contributed by atoms with Crippen molar-refractivity contribution < 1.29 is 9.47 Å². The maximum absolute atomic E-state index is 11.8. The Bertz CT molecular complexity index is 5950. The predicted molar refractivity (Wildman–Crippen MR) is 477 cm³/mol. The van der Waals surface area contributed by atoms with Crippen molar-refractivity contribution in [2.45, 2.75) is 13.1 Å². The number of hydrogen-bond donors (Lipinski definition) is 5. The minimum atomic E-state index is -3.69. The number of anilines is 2. The quantitative estimate of drug-likeness (QED) is 0.0609. The summed E-state index contributed by atoms with van der Waals surface area (Å²) in [5.41, 5.74) is 18.2. The molecule has 0 aliphatic heterocycles. The van der Waals surface area contributed by atoms with Crippen LogP contribution in [0.1, 0.15) is 11.1 Å². The monoisotopic (exact) mass is 1920 g/mol. The molecular formula is C81H61Br6Cl6N8O4P. The minimum Gasteiger partial charge on any atom is -0.383 e. The van der Waals surface area contributed by atoms with Crippen molar-refractivity contribution in [2.24, 2.45) is 5.73 Å². The van der Waals surface area contributed by atoms with Crippen molar-refractivity contribution in [1.82, 2.24) is 24.9 Å². The number of H-pyrrole nitrogens is 2. The third kappa shape index (κ3) is 21.8.